The maximum atomic E-state index is 11.9. The Bertz CT molecular complexity index is 445. The van der Waals surface area contributed by atoms with E-state index in [1.165, 1.54) is 0 Å². The molecule has 0 amide bonds. The van der Waals surface area contributed by atoms with Crippen LogP contribution >= 0.6 is 15.9 Å². The predicted octanol–water partition coefficient (Wildman–Crippen LogP) is 3.61. The van der Waals surface area contributed by atoms with Crippen LogP contribution in [0.4, 0.5) is 0 Å². The summed E-state index contributed by atoms with van der Waals surface area (Å²) < 4.78 is 11.6. The van der Waals surface area contributed by atoms with E-state index in [1.54, 1.807) is 26.0 Å². The van der Waals surface area contributed by atoms with E-state index in [-0.39, 0.29) is 5.97 Å². The van der Waals surface area contributed by atoms with Crippen LogP contribution in [-0.2, 0) is 9.53 Å². The monoisotopic (exact) mass is 344 g/mol. The van der Waals surface area contributed by atoms with Gasteiger partial charge in [-0.2, -0.15) is 0 Å². The first kappa shape index (κ1) is 17.0. The zero-order valence-corrected chi connectivity index (χ0v) is 13.6. The average Bonchev–Trinajstić information content (AvgIpc) is 2.40. The summed E-state index contributed by atoms with van der Waals surface area (Å²) >= 11 is 3.36. The van der Waals surface area contributed by atoms with Gasteiger partial charge in [0.25, 0.3) is 0 Å². The van der Waals surface area contributed by atoms with Crippen molar-refractivity contribution in [2.24, 2.45) is 0 Å². The molecule has 2 atom stereocenters. The van der Waals surface area contributed by atoms with Crippen LogP contribution in [0.1, 0.15) is 45.3 Å². The van der Waals surface area contributed by atoms with Gasteiger partial charge in [0.15, 0.2) is 6.10 Å². The number of esters is 1. The van der Waals surface area contributed by atoms with Crippen LogP contribution in [0.25, 0.3) is 0 Å². The summed E-state index contributed by atoms with van der Waals surface area (Å²) in [4.78, 5) is 11.9. The van der Waals surface area contributed by atoms with Gasteiger partial charge in [0, 0.05) is 10.0 Å². The zero-order valence-electron chi connectivity index (χ0n) is 12.1. The summed E-state index contributed by atoms with van der Waals surface area (Å²) in [5.41, 5.74) is 0.643. The molecule has 4 nitrogen and oxygen atoms in total. The lowest BCUT2D eigenvalue weighted by atomic mass is 10.1. The van der Waals surface area contributed by atoms with Gasteiger partial charge in [0.1, 0.15) is 5.75 Å². The van der Waals surface area contributed by atoms with Crippen molar-refractivity contribution >= 4 is 21.9 Å². The second-order valence-electron chi connectivity index (χ2n) is 4.51. The fraction of sp³-hybridized carbons (Fsp3) is 0.533. The first-order chi connectivity index (χ1) is 9.49. The number of aliphatic hydroxyl groups is 1. The minimum absolute atomic E-state index is 0.325. The third-order valence-corrected chi connectivity index (χ3v) is 3.28. The van der Waals surface area contributed by atoms with Crippen LogP contribution in [0, 0.1) is 0 Å². The summed E-state index contributed by atoms with van der Waals surface area (Å²) in [6.45, 7) is 5.73. The first-order valence-corrected chi connectivity index (χ1v) is 7.59. The van der Waals surface area contributed by atoms with Crippen LogP contribution in [0.15, 0.2) is 22.7 Å². The van der Waals surface area contributed by atoms with E-state index in [0.717, 1.165) is 10.9 Å². The minimum atomic E-state index is -0.674. The van der Waals surface area contributed by atoms with Gasteiger partial charge < -0.3 is 14.6 Å². The number of carbonyl (C=O) groups excluding carboxylic acids is 1. The molecule has 0 aliphatic heterocycles. The summed E-state index contributed by atoms with van der Waals surface area (Å²) in [6, 6.07) is 5.34. The zero-order chi connectivity index (χ0) is 15.1. The van der Waals surface area contributed by atoms with Crippen molar-refractivity contribution in [2.75, 3.05) is 6.61 Å². The topological polar surface area (TPSA) is 55.8 Å². The van der Waals surface area contributed by atoms with Gasteiger partial charge in [-0.05, 0) is 38.5 Å². The molecule has 112 valence electrons. The number of aliphatic hydroxyl groups excluding tert-OH is 1. The normalized spacial score (nSPS) is 13.7. The molecule has 0 aliphatic carbocycles. The molecule has 0 spiro atoms. The number of hydrogen-bond donors (Lipinski definition) is 1. The molecular weight excluding hydrogens is 324 g/mol. The van der Waals surface area contributed by atoms with Crippen LogP contribution in [0.2, 0.25) is 0 Å². The van der Waals surface area contributed by atoms with Crippen LogP contribution < -0.4 is 4.74 Å². The minimum Gasteiger partial charge on any atom is -0.478 e. The molecule has 0 aliphatic rings. The fourth-order valence-electron chi connectivity index (χ4n) is 1.83. The molecule has 5 heteroatoms. The number of ether oxygens (including phenoxy) is 2. The number of rotatable bonds is 7. The number of carbonyl (C=O) groups is 1. The van der Waals surface area contributed by atoms with Crippen molar-refractivity contribution in [2.45, 2.75) is 45.8 Å². The molecule has 1 aromatic carbocycles. The Labute approximate surface area is 128 Å². The van der Waals surface area contributed by atoms with E-state index >= 15 is 0 Å². The highest BCUT2D eigenvalue weighted by Crippen LogP contribution is 2.29. The fourth-order valence-corrected chi connectivity index (χ4v) is 2.21. The summed E-state index contributed by atoms with van der Waals surface area (Å²) in [5, 5.41) is 9.80. The molecule has 1 N–H and O–H groups in total. The van der Waals surface area contributed by atoms with E-state index < -0.39 is 12.2 Å². The molecule has 0 saturated heterocycles. The van der Waals surface area contributed by atoms with Crippen LogP contribution in [0.5, 0.6) is 5.75 Å². The van der Waals surface area contributed by atoms with Gasteiger partial charge in [-0.1, -0.05) is 29.3 Å². The Morgan fingerprint density at radius 2 is 2.10 bits per heavy atom. The van der Waals surface area contributed by atoms with Crippen molar-refractivity contribution in [1.29, 1.82) is 0 Å². The Morgan fingerprint density at radius 3 is 2.65 bits per heavy atom. The number of hydrogen-bond acceptors (Lipinski definition) is 4. The lowest BCUT2D eigenvalue weighted by molar-refractivity contribution is -0.151. The van der Waals surface area contributed by atoms with E-state index in [2.05, 4.69) is 15.9 Å². The smallest absolute Gasteiger partial charge is 0.347 e. The summed E-state index contributed by atoms with van der Waals surface area (Å²) in [7, 11) is 0. The molecule has 1 unspecified atom stereocenters. The molecule has 0 fully saturated rings. The number of benzene rings is 1. The Balaban J connectivity index is 2.95. The maximum Gasteiger partial charge on any atom is 0.347 e. The molecular formula is C15H21BrO4. The van der Waals surface area contributed by atoms with E-state index in [0.29, 0.717) is 24.3 Å². The third kappa shape index (κ3) is 4.80. The van der Waals surface area contributed by atoms with Crippen molar-refractivity contribution < 1.29 is 19.4 Å². The third-order valence-electron chi connectivity index (χ3n) is 2.79. The molecule has 0 heterocycles. The molecule has 0 bridgehead atoms. The summed E-state index contributed by atoms with van der Waals surface area (Å²) in [6.07, 6.45) is 0.0728. The van der Waals surface area contributed by atoms with Gasteiger partial charge in [0.2, 0.25) is 0 Å². The molecule has 0 radical (unpaired) electrons. The lowest BCUT2D eigenvalue weighted by Gasteiger charge is -2.20. The molecule has 0 saturated carbocycles. The van der Waals surface area contributed by atoms with E-state index in [1.807, 2.05) is 13.0 Å². The maximum absolute atomic E-state index is 11.9. The molecule has 20 heavy (non-hydrogen) atoms. The van der Waals surface area contributed by atoms with Crippen molar-refractivity contribution in [3.63, 3.8) is 0 Å². The van der Waals surface area contributed by atoms with Gasteiger partial charge in [-0.15, -0.1) is 0 Å². The summed E-state index contributed by atoms with van der Waals surface area (Å²) in [5.74, 6) is 0.142. The van der Waals surface area contributed by atoms with Crippen molar-refractivity contribution in [1.82, 2.24) is 0 Å². The SMILES string of the molecule is CCCC(Oc1ccc(Br)cc1[C@H](C)O)C(=O)OCC. The van der Waals surface area contributed by atoms with Gasteiger partial charge in [-0.25, -0.2) is 4.79 Å². The lowest BCUT2D eigenvalue weighted by Crippen LogP contribution is -2.29. The quantitative estimate of drug-likeness (QED) is 0.767. The van der Waals surface area contributed by atoms with Gasteiger partial charge >= 0.3 is 5.97 Å². The van der Waals surface area contributed by atoms with Crippen molar-refractivity contribution in [3.05, 3.63) is 28.2 Å². The standard InChI is InChI=1S/C15H21BrO4/c1-4-6-14(15(18)19-5-2)20-13-8-7-11(16)9-12(13)10(3)17/h7-10,14,17H,4-6H2,1-3H3/t10-,14?/m0/s1. The second kappa shape index (κ2) is 8.27. The molecule has 0 aromatic heterocycles. The Hall–Kier alpha value is -1.07. The predicted molar refractivity (Wildman–Crippen MR) is 80.7 cm³/mol. The van der Waals surface area contributed by atoms with Crippen molar-refractivity contribution in [3.8, 4) is 5.75 Å². The highest BCUT2D eigenvalue weighted by molar-refractivity contribution is 9.10. The molecule has 1 aromatic rings. The molecule has 1 rings (SSSR count). The van der Waals surface area contributed by atoms with E-state index in [9.17, 15) is 9.90 Å². The average molecular weight is 345 g/mol. The first-order valence-electron chi connectivity index (χ1n) is 6.80. The highest BCUT2D eigenvalue weighted by atomic mass is 79.9. The Kier molecular flexibility index (Phi) is 7.02. The second-order valence-corrected chi connectivity index (χ2v) is 5.42. The largest absolute Gasteiger partial charge is 0.478 e. The van der Waals surface area contributed by atoms with E-state index in [4.69, 9.17) is 9.47 Å². The van der Waals surface area contributed by atoms with Gasteiger partial charge in [-0.3, -0.25) is 0 Å². The van der Waals surface area contributed by atoms with Gasteiger partial charge in [0.05, 0.1) is 12.7 Å². The number of halogens is 1. The Morgan fingerprint density at radius 1 is 1.40 bits per heavy atom. The van der Waals surface area contributed by atoms with Crippen LogP contribution in [-0.4, -0.2) is 23.8 Å². The highest BCUT2D eigenvalue weighted by Gasteiger charge is 2.22. The van der Waals surface area contributed by atoms with Crippen LogP contribution in [0.3, 0.4) is 0 Å².